The van der Waals surface area contributed by atoms with Gasteiger partial charge < -0.3 is 10.1 Å². The van der Waals surface area contributed by atoms with Gasteiger partial charge in [-0.25, -0.2) is 4.98 Å². The second kappa shape index (κ2) is 6.47. The largest absolute Gasteiger partial charge is 0.434 e. The molecule has 0 aliphatic heterocycles. The molecule has 0 bridgehead atoms. The molecule has 0 aliphatic rings. The van der Waals surface area contributed by atoms with Crippen LogP contribution in [0.25, 0.3) is 0 Å². The van der Waals surface area contributed by atoms with E-state index < -0.39 is 4.92 Å². The summed E-state index contributed by atoms with van der Waals surface area (Å²) >= 11 is 0. The molecule has 7 nitrogen and oxygen atoms in total. The van der Waals surface area contributed by atoms with Gasteiger partial charge >= 0.3 is 11.6 Å². The van der Waals surface area contributed by atoms with Gasteiger partial charge in [0.2, 0.25) is 5.82 Å². The van der Waals surface area contributed by atoms with Gasteiger partial charge in [-0.3, -0.25) is 10.1 Å². The van der Waals surface area contributed by atoms with Gasteiger partial charge in [-0.05, 0) is 19.1 Å². The zero-order chi connectivity index (χ0) is 15.2. The minimum absolute atomic E-state index is 0.0945. The Morgan fingerprint density at radius 2 is 2.10 bits per heavy atom. The van der Waals surface area contributed by atoms with Crippen molar-refractivity contribution in [3.8, 4) is 11.6 Å². The number of aryl methyl sites for hydroxylation is 1. The van der Waals surface area contributed by atoms with Crippen LogP contribution in [-0.4, -0.2) is 21.4 Å². The molecule has 2 aromatic rings. The van der Waals surface area contributed by atoms with E-state index in [-0.39, 0.29) is 17.4 Å². The van der Waals surface area contributed by atoms with E-state index in [1.807, 2.05) is 19.1 Å². The van der Waals surface area contributed by atoms with Crippen molar-refractivity contribution < 1.29 is 9.66 Å². The lowest BCUT2D eigenvalue weighted by molar-refractivity contribution is -0.385. The summed E-state index contributed by atoms with van der Waals surface area (Å²) in [6.07, 6.45) is 2.79. The number of nitrogens with zero attached hydrogens (tertiary/aromatic N) is 3. The molecule has 0 saturated carbocycles. The highest BCUT2D eigenvalue weighted by molar-refractivity contribution is 5.62. The molecule has 1 aromatic heterocycles. The summed E-state index contributed by atoms with van der Waals surface area (Å²) in [5.74, 6) is 0.458. The van der Waals surface area contributed by atoms with E-state index in [9.17, 15) is 10.1 Å². The Morgan fingerprint density at radius 1 is 1.38 bits per heavy atom. The van der Waals surface area contributed by atoms with Crippen molar-refractivity contribution in [2.24, 2.45) is 0 Å². The monoisotopic (exact) mass is 286 g/mol. The fourth-order valence-corrected chi connectivity index (χ4v) is 1.62. The number of hydrogen-bond acceptors (Lipinski definition) is 6. The second-order valence-corrected chi connectivity index (χ2v) is 4.22. The van der Waals surface area contributed by atoms with Crippen molar-refractivity contribution in [3.05, 3.63) is 58.9 Å². The molecule has 0 atom stereocenters. The summed E-state index contributed by atoms with van der Waals surface area (Å²) in [6, 6.07) is 7.13. The Morgan fingerprint density at radius 3 is 2.71 bits per heavy atom. The van der Waals surface area contributed by atoms with E-state index in [2.05, 4.69) is 21.9 Å². The smallest absolute Gasteiger partial charge is 0.373 e. The molecule has 1 heterocycles. The van der Waals surface area contributed by atoms with E-state index in [1.54, 1.807) is 18.2 Å². The van der Waals surface area contributed by atoms with E-state index in [4.69, 9.17) is 4.74 Å². The van der Waals surface area contributed by atoms with Crippen molar-refractivity contribution in [2.75, 3.05) is 11.9 Å². The van der Waals surface area contributed by atoms with E-state index in [1.165, 1.54) is 6.33 Å². The number of nitro groups is 1. The van der Waals surface area contributed by atoms with Crippen LogP contribution in [0, 0.1) is 17.0 Å². The minimum Gasteiger partial charge on any atom is -0.434 e. The molecule has 0 spiro atoms. The molecule has 0 unspecified atom stereocenters. The molecule has 0 amide bonds. The number of anilines is 1. The van der Waals surface area contributed by atoms with Crippen LogP contribution in [0.5, 0.6) is 11.6 Å². The molecule has 7 heteroatoms. The Balaban J connectivity index is 2.35. The average molecular weight is 286 g/mol. The first kappa shape index (κ1) is 14.4. The van der Waals surface area contributed by atoms with Gasteiger partial charge in [0, 0.05) is 6.54 Å². The third kappa shape index (κ3) is 3.53. The lowest BCUT2D eigenvalue weighted by Crippen LogP contribution is -2.06. The number of nitrogens with one attached hydrogen (secondary N) is 1. The number of hydrogen-bond donors (Lipinski definition) is 1. The van der Waals surface area contributed by atoms with Crippen molar-refractivity contribution >= 4 is 11.5 Å². The zero-order valence-corrected chi connectivity index (χ0v) is 11.4. The second-order valence-electron chi connectivity index (χ2n) is 4.22. The molecule has 21 heavy (non-hydrogen) atoms. The Bertz CT molecular complexity index is 656. The summed E-state index contributed by atoms with van der Waals surface area (Å²) in [5.41, 5.74) is 0.757. The first-order valence-electron chi connectivity index (χ1n) is 6.20. The molecule has 2 rings (SSSR count). The van der Waals surface area contributed by atoms with Crippen LogP contribution >= 0.6 is 0 Å². The third-order valence-corrected chi connectivity index (χ3v) is 2.62. The number of benzene rings is 1. The predicted octanol–water partition coefficient (Wildman–Crippen LogP) is 3.08. The summed E-state index contributed by atoms with van der Waals surface area (Å²) in [6.45, 7) is 5.83. The highest BCUT2D eigenvalue weighted by Gasteiger charge is 2.24. The maximum Gasteiger partial charge on any atom is 0.373 e. The first-order chi connectivity index (χ1) is 10.1. The van der Waals surface area contributed by atoms with Gasteiger partial charge in [-0.15, -0.1) is 6.58 Å². The summed E-state index contributed by atoms with van der Waals surface area (Å²) in [4.78, 5) is 18.4. The first-order valence-corrected chi connectivity index (χ1v) is 6.20. The number of rotatable bonds is 6. The van der Waals surface area contributed by atoms with Crippen LogP contribution in [0.2, 0.25) is 0 Å². The molecular weight excluding hydrogens is 272 g/mol. The van der Waals surface area contributed by atoms with E-state index in [0.717, 1.165) is 5.56 Å². The van der Waals surface area contributed by atoms with Gasteiger partial charge in [0.1, 0.15) is 12.1 Å². The standard InChI is InChI=1S/C14H14N4O3/c1-3-8-15-13-12(18(19)20)14(17-9-16-13)21-11-6-4-10(2)5-7-11/h3-7,9H,1,8H2,2H3,(H,15,16,17). The summed E-state index contributed by atoms with van der Waals surface area (Å²) < 4.78 is 5.49. The van der Waals surface area contributed by atoms with Crippen molar-refractivity contribution in [1.82, 2.24) is 9.97 Å². The fraction of sp³-hybridized carbons (Fsp3) is 0.143. The average Bonchev–Trinajstić information content (AvgIpc) is 2.47. The molecule has 108 valence electrons. The Labute approximate surface area is 121 Å². The van der Waals surface area contributed by atoms with Crippen molar-refractivity contribution in [3.63, 3.8) is 0 Å². The molecule has 0 radical (unpaired) electrons. The van der Waals surface area contributed by atoms with Crippen LogP contribution in [0.15, 0.2) is 43.2 Å². The summed E-state index contributed by atoms with van der Waals surface area (Å²) in [7, 11) is 0. The quantitative estimate of drug-likeness (QED) is 0.498. The normalized spacial score (nSPS) is 9.95. The van der Waals surface area contributed by atoms with Crippen molar-refractivity contribution in [2.45, 2.75) is 6.92 Å². The predicted molar refractivity (Wildman–Crippen MR) is 78.6 cm³/mol. The topological polar surface area (TPSA) is 90.2 Å². The highest BCUT2D eigenvalue weighted by atomic mass is 16.6. The number of ether oxygens (including phenoxy) is 1. The Hall–Kier alpha value is -2.96. The van der Waals surface area contributed by atoms with Gasteiger partial charge in [-0.2, -0.15) is 4.98 Å². The van der Waals surface area contributed by atoms with Crippen LogP contribution < -0.4 is 10.1 Å². The minimum atomic E-state index is -0.574. The molecule has 1 aromatic carbocycles. The molecule has 0 saturated heterocycles. The van der Waals surface area contributed by atoms with Crippen LogP contribution in [0.4, 0.5) is 11.5 Å². The SMILES string of the molecule is C=CCNc1ncnc(Oc2ccc(C)cc2)c1[N+](=O)[O-]. The lowest BCUT2D eigenvalue weighted by Gasteiger charge is -2.08. The van der Waals surface area contributed by atoms with Crippen LogP contribution in [0.3, 0.4) is 0 Å². The van der Waals surface area contributed by atoms with Crippen LogP contribution in [0.1, 0.15) is 5.56 Å². The van der Waals surface area contributed by atoms with Crippen molar-refractivity contribution in [1.29, 1.82) is 0 Å². The maximum atomic E-state index is 11.2. The third-order valence-electron chi connectivity index (χ3n) is 2.62. The molecule has 0 fully saturated rings. The fourth-order valence-electron chi connectivity index (χ4n) is 1.62. The number of aromatic nitrogens is 2. The summed E-state index contributed by atoms with van der Waals surface area (Å²) in [5, 5.41) is 14.0. The lowest BCUT2D eigenvalue weighted by atomic mass is 10.2. The molecule has 1 N–H and O–H groups in total. The highest BCUT2D eigenvalue weighted by Crippen LogP contribution is 2.33. The van der Waals surface area contributed by atoms with Gasteiger partial charge in [0.25, 0.3) is 0 Å². The van der Waals surface area contributed by atoms with Gasteiger partial charge in [0.05, 0.1) is 4.92 Å². The van der Waals surface area contributed by atoms with E-state index >= 15 is 0 Å². The van der Waals surface area contributed by atoms with Gasteiger partial charge in [0.15, 0.2) is 0 Å². The maximum absolute atomic E-state index is 11.2. The molecule has 0 aliphatic carbocycles. The zero-order valence-electron chi connectivity index (χ0n) is 11.4. The molecular formula is C14H14N4O3. The Kier molecular flexibility index (Phi) is 4.45. The van der Waals surface area contributed by atoms with E-state index in [0.29, 0.717) is 12.3 Å². The van der Waals surface area contributed by atoms with Crippen LogP contribution in [-0.2, 0) is 0 Å². The van der Waals surface area contributed by atoms with Gasteiger partial charge in [-0.1, -0.05) is 23.8 Å².